The van der Waals surface area contributed by atoms with Gasteiger partial charge in [0.25, 0.3) is 0 Å². The van der Waals surface area contributed by atoms with E-state index in [1.54, 1.807) is 0 Å². The molecule has 0 amide bonds. The van der Waals surface area contributed by atoms with Gasteiger partial charge in [0.2, 0.25) is 0 Å². The maximum atomic E-state index is 14.4. The van der Waals surface area contributed by atoms with Gasteiger partial charge in [0.05, 0.1) is 24.3 Å². The molecule has 1 aliphatic heterocycles. The molecule has 0 saturated carbocycles. The van der Waals surface area contributed by atoms with Gasteiger partial charge in [-0.25, -0.2) is 19.9 Å². The first-order valence-electron chi connectivity index (χ1n) is 11.3. The Morgan fingerprint density at radius 1 is 1.02 bits per heavy atom. The fraction of sp³-hybridized carbons (Fsp3) is 0.348. The summed E-state index contributed by atoms with van der Waals surface area (Å²) in [5.41, 5.74) is -0.570. The van der Waals surface area contributed by atoms with Crippen molar-refractivity contribution in [3.05, 3.63) is 69.6 Å². The second kappa shape index (κ2) is 10.5. The highest BCUT2D eigenvalue weighted by Gasteiger charge is 2.44. The molecule has 3 aromatic rings. The zero-order valence-electron chi connectivity index (χ0n) is 20.2. The molecule has 2 aromatic carbocycles. The van der Waals surface area contributed by atoms with Crippen LogP contribution >= 0.6 is 11.6 Å². The van der Waals surface area contributed by atoms with Crippen LogP contribution in [0.2, 0.25) is 5.02 Å². The number of hydrogen-bond donors (Lipinski definition) is 2. The van der Waals surface area contributed by atoms with Crippen LogP contribution in [0, 0.1) is 0 Å². The van der Waals surface area contributed by atoms with Crippen LogP contribution < -0.4 is 16.1 Å². The average molecular weight is 599 g/mol. The first kappa shape index (κ1) is 29.5. The second-order valence-corrected chi connectivity index (χ2v) is 9.24. The van der Waals surface area contributed by atoms with Crippen LogP contribution in [0.3, 0.4) is 0 Å². The predicted octanol–water partition coefficient (Wildman–Crippen LogP) is 4.71. The molecule has 17 heteroatoms. The average Bonchev–Trinajstić information content (AvgIpc) is 3.41. The van der Waals surface area contributed by atoms with Gasteiger partial charge in [0.1, 0.15) is 6.17 Å². The Labute approximate surface area is 225 Å². The van der Waals surface area contributed by atoms with E-state index < -0.39 is 66.4 Å². The first-order valence-corrected chi connectivity index (χ1v) is 11.7. The highest BCUT2D eigenvalue weighted by molar-refractivity contribution is 6.30. The Kier molecular flexibility index (Phi) is 7.72. The molecule has 0 fully saturated rings. The van der Waals surface area contributed by atoms with Crippen LogP contribution in [-0.4, -0.2) is 49.7 Å². The standard InChI is InChI=1S/C23H19ClF8N6O2/c1-21(25,26)19-33-17(34-38(19)15-5-3-2-4-14(15)22(27,28)29)11-37-20(40)36(10-16(39)23(30,31)32)18(35-37)12-6-8-13(24)9-7-12/h2-9,16-17,34,39H,10-11H2,1H3/t16-,17?/m0/s1. The van der Waals surface area contributed by atoms with Crippen LogP contribution in [0.5, 0.6) is 0 Å². The third kappa shape index (κ3) is 6.13. The molecule has 2 atom stereocenters. The van der Waals surface area contributed by atoms with E-state index in [1.165, 1.54) is 30.3 Å². The van der Waals surface area contributed by atoms with Crippen LogP contribution in [0.15, 0.2) is 58.3 Å². The van der Waals surface area contributed by atoms with Crippen molar-refractivity contribution in [3.8, 4) is 11.4 Å². The van der Waals surface area contributed by atoms with E-state index in [4.69, 9.17) is 11.6 Å². The number of para-hydroxylation sites is 1. The molecule has 0 aliphatic carbocycles. The quantitative estimate of drug-likeness (QED) is 0.385. The van der Waals surface area contributed by atoms with Crippen LogP contribution in [-0.2, 0) is 19.3 Å². The maximum absolute atomic E-state index is 14.4. The summed E-state index contributed by atoms with van der Waals surface area (Å²) in [5.74, 6) is -5.14. The third-order valence-corrected chi connectivity index (χ3v) is 5.97. The third-order valence-electron chi connectivity index (χ3n) is 5.72. The minimum Gasteiger partial charge on any atom is -0.382 e. The van der Waals surface area contributed by atoms with Crippen molar-refractivity contribution in [2.45, 2.75) is 50.6 Å². The molecule has 216 valence electrons. The lowest BCUT2D eigenvalue weighted by Crippen LogP contribution is -2.48. The van der Waals surface area contributed by atoms with E-state index in [2.05, 4.69) is 15.5 Å². The highest BCUT2D eigenvalue weighted by atomic mass is 35.5. The van der Waals surface area contributed by atoms with Crippen molar-refractivity contribution in [3.63, 3.8) is 0 Å². The Bertz CT molecular complexity index is 1460. The Morgan fingerprint density at radius 2 is 1.65 bits per heavy atom. The summed E-state index contributed by atoms with van der Waals surface area (Å²) in [6.45, 7) is -1.50. The molecule has 0 saturated heterocycles. The van der Waals surface area contributed by atoms with Gasteiger partial charge >= 0.3 is 24.0 Å². The molecule has 1 aromatic heterocycles. The zero-order valence-corrected chi connectivity index (χ0v) is 20.9. The fourth-order valence-electron chi connectivity index (χ4n) is 3.90. The number of aliphatic imine (C=N–C) groups is 1. The number of hydrazine groups is 1. The van der Waals surface area contributed by atoms with Gasteiger partial charge in [-0.05, 0) is 36.4 Å². The first-order chi connectivity index (χ1) is 18.5. The lowest BCUT2D eigenvalue weighted by atomic mass is 10.1. The van der Waals surface area contributed by atoms with E-state index in [-0.39, 0.29) is 16.4 Å². The van der Waals surface area contributed by atoms with E-state index >= 15 is 0 Å². The summed E-state index contributed by atoms with van der Waals surface area (Å²) >= 11 is 5.84. The molecular formula is C23H19ClF8N6O2. The van der Waals surface area contributed by atoms with Gasteiger partial charge in [-0.15, -0.1) is 5.10 Å². The van der Waals surface area contributed by atoms with E-state index in [9.17, 15) is 45.0 Å². The van der Waals surface area contributed by atoms with Crippen molar-refractivity contribution in [2.75, 3.05) is 5.01 Å². The Morgan fingerprint density at radius 3 is 2.23 bits per heavy atom. The van der Waals surface area contributed by atoms with Crippen LogP contribution in [0.1, 0.15) is 12.5 Å². The van der Waals surface area contributed by atoms with Crippen molar-refractivity contribution >= 4 is 23.1 Å². The molecule has 4 rings (SSSR count). The number of amidine groups is 1. The van der Waals surface area contributed by atoms with Crippen molar-refractivity contribution in [1.82, 2.24) is 19.8 Å². The SMILES string of the molecule is CC(F)(F)C1=NC(Cn2nc(-c3ccc(Cl)cc3)n(C[C@H](O)C(F)(F)F)c2=O)NN1c1ccccc1C(F)(F)F. The summed E-state index contributed by atoms with van der Waals surface area (Å²) in [7, 11) is 0. The van der Waals surface area contributed by atoms with E-state index in [0.29, 0.717) is 27.2 Å². The maximum Gasteiger partial charge on any atom is 0.418 e. The molecule has 1 aliphatic rings. The predicted molar refractivity (Wildman–Crippen MR) is 128 cm³/mol. The minimum atomic E-state index is -5.08. The van der Waals surface area contributed by atoms with Gasteiger partial charge in [0.15, 0.2) is 17.8 Å². The number of nitrogens with one attached hydrogen (secondary N) is 1. The lowest BCUT2D eigenvalue weighted by molar-refractivity contribution is -0.207. The normalized spacial score (nSPS) is 17.3. The number of nitrogens with zero attached hydrogens (tertiary/aromatic N) is 5. The summed E-state index contributed by atoms with van der Waals surface area (Å²) in [6.07, 6.45) is -14.4. The monoisotopic (exact) mass is 598 g/mol. The van der Waals surface area contributed by atoms with Crippen molar-refractivity contribution in [2.24, 2.45) is 4.99 Å². The van der Waals surface area contributed by atoms with Crippen molar-refractivity contribution < 1.29 is 40.2 Å². The highest BCUT2D eigenvalue weighted by Crippen LogP contribution is 2.38. The number of halogens is 9. The summed E-state index contributed by atoms with van der Waals surface area (Å²) in [6, 6.07) is 9.34. The van der Waals surface area contributed by atoms with Gasteiger partial charge in [-0.2, -0.15) is 35.1 Å². The molecule has 2 heterocycles. The topological polar surface area (TPSA) is 87.7 Å². The number of alkyl halides is 8. The second-order valence-electron chi connectivity index (χ2n) is 8.80. The number of benzene rings is 2. The minimum absolute atomic E-state index is 0.138. The Hall–Kier alpha value is -3.50. The fourth-order valence-corrected chi connectivity index (χ4v) is 4.03. The van der Waals surface area contributed by atoms with Crippen LogP contribution in [0.4, 0.5) is 40.8 Å². The van der Waals surface area contributed by atoms with Gasteiger partial charge < -0.3 is 5.11 Å². The zero-order chi connectivity index (χ0) is 29.6. The summed E-state index contributed by atoms with van der Waals surface area (Å²) < 4.78 is 110. The van der Waals surface area contributed by atoms with Gasteiger partial charge in [0, 0.05) is 17.5 Å². The number of aliphatic hydroxyl groups excluding tert-OH is 1. The smallest absolute Gasteiger partial charge is 0.382 e. The molecule has 2 N–H and O–H groups in total. The molecule has 0 bridgehead atoms. The molecular weight excluding hydrogens is 580 g/mol. The Balaban J connectivity index is 1.73. The summed E-state index contributed by atoms with van der Waals surface area (Å²) in [5, 5.41) is 14.3. The number of aromatic nitrogens is 3. The van der Waals surface area contributed by atoms with Crippen molar-refractivity contribution in [1.29, 1.82) is 0 Å². The largest absolute Gasteiger partial charge is 0.418 e. The van der Waals surface area contributed by atoms with Gasteiger partial charge in [-0.3, -0.25) is 9.58 Å². The lowest BCUT2D eigenvalue weighted by Gasteiger charge is -2.27. The molecule has 0 radical (unpaired) electrons. The van der Waals surface area contributed by atoms with E-state index in [0.717, 1.165) is 12.1 Å². The number of aliphatic hydroxyl groups is 1. The molecule has 1 unspecified atom stereocenters. The van der Waals surface area contributed by atoms with Gasteiger partial charge in [-0.1, -0.05) is 23.7 Å². The molecule has 8 nitrogen and oxygen atoms in total. The number of anilines is 1. The number of hydrogen-bond acceptors (Lipinski definition) is 6. The van der Waals surface area contributed by atoms with E-state index in [1.807, 2.05) is 0 Å². The summed E-state index contributed by atoms with van der Waals surface area (Å²) in [4.78, 5) is 16.8. The molecule has 40 heavy (non-hydrogen) atoms. The van der Waals surface area contributed by atoms with Crippen LogP contribution in [0.25, 0.3) is 11.4 Å². The molecule has 0 spiro atoms. The number of rotatable bonds is 7.